The average molecular weight is 230 g/mol. The van der Waals surface area contributed by atoms with E-state index >= 15 is 0 Å². The molecule has 2 rings (SSSR count). The Kier molecular flexibility index (Phi) is 2.95. The lowest BCUT2D eigenvalue weighted by atomic mass is 10.1. The SMILES string of the molecule is Cc1ccc(Cn2cc(C)c(=O)[nH]c2=O)cc1. The van der Waals surface area contributed by atoms with Crippen molar-refractivity contribution in [3.8, 4) is 0 Å². The molecule has 4 nitrogen and oxygen atoms in total. The van der Waals surface area contributed by atoms with Crippen LogP contribution in [-0.4, -0.2) is 9.55 Å². The molecule has 2 aromatic rings. The highest BCUT2D eigenvalue weighted by molar-refractivity contribution is 5.21. The molecule has 0 spiro atoms. The van der Waals surface area contributed by atoms with Gasteiger partial charge in [0.05, 0.1) is 6.54 Å². The van der Waals surface area contributed by atoms with Crippen LogP contribution in [0, 0.1) is 13.8 Å². The Bertz CT molecular complexity index is 636. The van der Waals surface area contributed by atoms with E-state index in [4.69, 9.17) is 0 Å². The van der Waals surface area contributed by atoms with Crippen molar-refractivity contribution in [1.29, 1.82) is 0 Å². The van der Waals surface area contributed by atoms with Gasteiger partial charge in [-0.25, -0.2) is 4.79 Å². The number of aromatic amines is 1. The van der Waals surface area contributed by atoms with Crippen LogP contribution >= 0.6 is 0 Å². The van der Waals surface area contributed by atoms with Crippen LogP contribution in [0.2, 0.25) is 0 Å². The Balaban J connectivity index is 2.36. The Morgan fingerprint density at radius 2 is 1.76 bits per heavy atom. The maximum Gasteiger partial charge on any atom is 0.328 e. The number of nitrogens with one attached hydrogen (secondary N) is 1. The van der Waals surface area contributed by atoms with Crippen molar-refractivity contribution in [2.75, 3.05) is 0 Å². The average Bonchev–Trinajstić information content (AvgIpc) is 2.29. The van der Waals surface area contributed by atoms with Crippen molar-refractivity contribution in [1.82, 2.24) is 9.55 Å². The maximum absolute atomic E-state index is 11.6. The summed E-state index contributed by atoms with van der Waals surface area (Å²) in [4.78, 5) is 25.1. The summed E-state index contributed by atoms with van der Waals surface area (Å²) >= 11 is 0. The molecule has 1 heterocycles. The van der Waals surface area contributed by atoms with Crippen molar-refractivity contribution in [3.05, 3.63) is 68.0 Å². The fourth-order valence-electron chi connectivity index (χ4n) is 1.63. The van der Waals surface area contributed by atoms with Crippen molar-refractivity contribution in [2.24, 2.45) is 0 Å². The summed E-state index contributed by atoms with van der Waals surface area (Å²) in [6.07, 6.45) is 1.58. The zero-order chi connectivity index (χ0) is 12.4. The summed E-state index contributed by atoms with van der Waals surface area (Å²) in [6.45, 7) is 4.17. The summed E-state index contributed by atoms with van der Waals surface area (Å²) in [5.74, 6) is 0. The van der Waals surface area contributed by atoms with E-state index in [1.165, 1.54) is 10.1 Å². The van der Waals surface area contributed by atoms with E-state index in [-0.39, 0.29) is 11.2 Å². The molecule has 0 aliphatic rings. The molecule has 0 bridgehead atoms. The lowest BCUT2D eigenvalue weighted by molar-refractivity contribution is 0.713. The third-order valence-corrected chi connectivity index (χ3v) is 2.66. The van der Waals surface area contributed by atoms with E-state index in [0.717, 1.165) is 5.56 Å². The molecule has 1 N–H and O–H groups in total. The first-order valence-electron chi connectivity index (χ1n) is 5.42. The number of rotatable bonds is 2. The summed E-state index contributed by atoms with van der Waals surface area (Å²) in [5, 5.41) is 0. The highest BCUT2D eigenvalue weighted by Gasteiger charge is 2.01. The Labute approximate surface area is 98.6 Å². The minimum Gasteiger partial charge on any atom is -0.296 e. The maximum atomic E-state index is 11.6. The highest BCUT2D eigenvalue weighted by atomic mass is 16.2. The van der Waals surface area contributed by atoms with Gasteiger partial charge in [0.15, 0.2) is 0 Å². The van der Waals surface area contributed by atoms with Gasteiger partial charge in [-0.1, -0.05) is 29.8 Å². The smallest absolute Gasteiger partial charge is 0.296 e. The van der Waals surface area contributed by atoms with Crippen LogP contribution in [0.15, 0.2) is 40.1 Å². The second-order valence-electron chi connectivity index (χ2n) is 4.18. The second kappa shape index (κ2) is 4.41. The van der Waals surface area contributed by atoms with Gasteiger partial charge in [-0.15, -0.1) is 0 Å². The molecular formula is C13H14N2O2. The first kappa shape index (κ1) is 11.4. The predicted octanol–water partition coefficient (Wildman–Crippen LogP) is 1.20. The molecule has 0 aliphatic heterocycles. The number of H-pyrrole nitrogens is 1. The number of hydrogen-bond donors (Lipinski definition) is 1. The highest BCUT2D eigenvalue weighted by Crippen LogP contribution is 2.04. The van der Waals surface area contributed by atoms with Gasteiger partial charge in [0.2, 0.25) is 0 Å². The molecule has 0 atom stereocenters. The van der Waals surface area contributed by atoms with Gasteiger partial charge >= 0.3 is 5.69 Å². The summed E-state index contributed by atoms with van der Waals surface area (Å²) < 4.78 is 1.50. The Morgan fingerprint density at radius 3 is 2.41 bits per heavy atom. The molecule has 1 aromatic heterocycles. The lowest BCUT2D eigenvalue weighted by Crippen LogP contribution is -2.31. The molecule has 1 aromatic carbocycles. The standard InChI is InChI=1S/C13H14N2O2/c1-9-3-5-11(6-4-9)8-15-7-10(2)12(16)14-13(15)17/h3-7H,8H2,1-2H3,(H,14,16,17). The molecule has 0 amide bonds. The Hall–Kier alpha value is -2.10. The third kappa shape index (κ3) is 2.53. The van der Waals surface area contributed by atoms with Crippen LogP contribution in [0.25, 0.3) is 0 Å². The van der Waals surface area contributed by atoms with Gasteiger partial charge in [-0.05, 0) is 19.4 Å². The van der Waals surface area contributed by atoms with E-state index in [0.29, 0.717) is 12.1 Å². The van der Waals surface area contributed by atoms with E-state index in [1.54, 1.807) is 13.1 Å². The molecule has 0 aliphatic carbocycles. The second-order valence-corrected chi connectivity index (χ2v) is 4.18. The molecule has 88 valence electrons. The molecule has 0 unspecified atom stereocenters. The molecule has 4 heteroatoms. The monoisotopic (exact) mass is 230 g/mol. The molecule has 17 heavy (non-hydrogen) atoms. The number of nitrogens with zero attached hydrogens (tertiary/aromatic N) is 1. The molecule has 0 fully saturated rings. The van der Waals surface area contributed by atoms with E-state index < -0.39 is 0 Å². The summed E-state index contributed by atoms with van der Waals surface area (Å²) in [7, 11) is 0. The van der Waals surface area contributed by atoms with E-state index in [2.05, 4.69) is 4.98 Å². The zero-order valence-electron chi connectivity index (χ0n) is 9.86. The fraction of sp³-hybridized carbons (Fsp3) is 0.231. The largest absolute Gasteiger partial charge is 0.328 e. The fourth-order valence-corrected chi connectivity index (χ4v) is 1.63. The zero-order valence-corrected chi connectivity index (χ0v) is 9.86. The van der Waals surface area contributed by atoms with Gasteiger partial charge in [0.25, 0.3) is 5.56 Å². The minimum atomic E-state index is -0.374. The first-order chi connectivity index (χ1) is 8.06. The molecule has 0 saturated carbocycles. The number of benzene rings is 1. The predicted molar refractivity (Wildman–Crippen MR) is 66.3 cm³/mol. The third-order valence-electron chi connectivity index (χ3n) is 2.66. The van der Waals surface area contributed by atoms with Crippen molar-refractivity contribution >= 4 is 0 Å². The van der Waals surface area contributed by atoms with Crippen LogP contribution < -0.4 is 11.2 Å². The quantitative estimate of drug-likeness (QED) is 0.842. The topological polar surface area (TPSA) is 54.9 Å². The van der Waals surface area contributed by atoms with Crippen LogP contribution in [0.1, 0.15) is 16.7 Å². The molecule has 0 saturated heterocycles. The van der Waals surface area contributed by atoms with E-state index in [9.17, 15) is 9.59 Å². The van der Waals surface area contributed by atoms with Gasteiger partial charge in [0, 0.05) is 11.8 Å². The van der Waals surface area contributed by atoms with Gasteiger partial charge < -0.3 is 0 Å². The van der Waals surface area contributed by atoms with Crippen LogP contribution in [0.5, 0.6) is 0 Å². The summed E-state index contributed by atoms with van der Waals surface area (Å²) in [5.41, 5.74) is 2.05. The number of aryl methyl sites for hydroxylation is 2. The first-order valence-corrected chi connectivity index (χ1v) is 5.42. The van der Waals surface area contributed by atoms with Gasteiger partial charge in [0.1, 0.15) is 0 Å². The minimum absolute atomic E-state index is 0.324. The lowest BCUT2D eigenvalue weighted by Gasteiger charge is -2.06. The van der Waals surface area contributed by atoms with Crippen molar-refractivity contribution in [2.45, 2.75) is 20.4 Å². The van der Waals surface area contributed by atoms with Crippen LogP contribution in [0.3, 0.4) is 0 Å². The van der Waals surface area contributed by atoms with Crippen molar-refractivity contribution in [3.63, 3.8) is 0 Å². The molecular weight excluding hydrogens is 216 g/mol. The number of aromatic nitrogens is 2. The van der Waals surface area contributed by atoms with Crippen LogP contribution in [-0.2, 0) is 6.54 Å². The Morgan fingerprint density at radius 1 is 1.12 bits per heavy atom. The van der Waals surface area contributed by atoms with E-state index in [1.807, 2.05) is 31.2 Å². The van der Waals surface area contributed by atoms with Gasteiger partial charge in [-0.2, -0.15) is 0 Å². The summed E-state index contributed by atoms with van der Waals surface area (Å²) in [6, 6.07) is 7.95. The van der Waals surface area contributed by atoms with Crippen molar-refractivity contribution < 1.29 is 0 Å². The molecule has 0 radical (unpaired) electrons. The number of hydrogen-bond acceptors (Lipinski definition) is 2. The van der Waals surface area contributed by atoms with Crippen LogP contribution in [0.4, 0.5) is 0 Å². The van der Waals surface area contributed by atoms with Gasteiger partial charge in [-0.3, -0.25) is 14.3 Å². The normalized spacial score (nSPS) is 10.5.